The molecule has 19 heavy (non-hydrogen) atoms. The second-order valence-electron chi connectivity index (χ2n) is 5.19. The van der Waals surface area contributed by atoms with Crippen molar-refractivity contribution in [2.24, 2.45) is 5.92 Å². The number of carbonyl (C=O) groups excluding carboxylic acids is 2. The van der Waals surface area contributed by atoms with Crippen LogP contribution in [0.15, 0.2) is 0 Å². The Labute approximate surface area is 115 Å². The van der Waals surface area contributed by atoms with Crippen molar-refractivity contribution in [1.29, 1.82) is 0 Å². The molecule has 0 radical (unpaired) electrons. The molecule has 0 aromatic rings. The fourth-order valence-electron chi connectivity index (χ4n) is 2.26. The lowest BCUT2D eigenvalue weighted by atomic mass is 10.0. The third-order valence-electron chi connectivity index (χ3n) is 3.54. The van der Waals surface area contributed by atoms with Crippen molar-refractivity contribution in [3.63, 3.8) is 0 Å². The fraction of sp³-hybridized carbons (Fsp3) is 0.846. The van der Waals surface area contributed by atoms with E-state index in [4.69, 9.17) is 0 Å². The van der Waals surface area contributed by atoms with Crippen LogP contribution in [0.25, 0.3) is 0 Å². The van der Waals surface area contributed by atoms with Gasteiger partial charge in [-0.05, 0) is 19.9 Å². The van der Waals surface area contributed by atoms with Crippen LogP contribution < -0.4 is 16.0 Å². The summed E-state index contributed by atoms with van der Waals surface area (Å²) in [5, 5.41) is 8.72. The molecule has 110 valence electrons. The molecule has 2 amide bonds. The molecule has 1 unspecified atom stereocenters. The van der Waals surface area contributed by atoms with E-state index >= 15 is 0 Å². The van der Waals surface area contributed by atoms with Gasteiger partial charge in [0, 0.05) is 38.6 Å². The van der Waals surface area contributed by atoms with E-state index in [0.29, 0.717) is 13.1 Å². The molecule has 1 aliphatic heterocycles. The number of likely N-dealkylation sites (tertiary alicyclic amines) is 1. The zero-order valence-electron chi connectivity index (χ0n) is 12.2. The highest BCUT2D eigenvalue weighted by atomic mass is 16.2. The molecule has 1 rings (SSSR count). The van der Waals surface area contributed by atoms with E-state index in [1.54, 1.807) is 7.05 Å². The van der Waals surface area contributed by atoms with Gasteiger partial charge in [0.05, 0.1) is 6.54 Å². The van der Waals surface area contributed by atoms with Crippen LogP contribution in [0, 0.1) is 5.92 Å². The number of nitrogens with zero attached hydrogens (tertiary/aromatic N) is 1. The van der Waals surface area contributed by atoms with Crippen LogP contribution in [-0.2, 0) is 9.59 Å². The van der Waals surface area contributed by atoms with Gasteiger partial charge >= 0.3 is 0 Å². The van der Waals surface area contributed by atoms with E-state index in [1.807, 2.05) is 14.0 Å². The second kappa shape index (κ2) is 8.12. The summed E-state index contributed by atoms with van der Waals surface area (Å²) in [5.74, 6) is 0.151. The quantitative estimate of drug-likeness (QED) is 0.589. The summed E-state index contributed by atoms with van der Waals surface area (Å²) in [5.41, 5.74) is 0. The number of hydrogen-bond donors (Lipinski definition) is 3. The molecule has 1 heterocycles. The van der Waals surface area contributed by atoms with E-state index in [1.165, 1.54) is 0 Å². The first kappa shape index (κ1) is 15.9. The lowest BCUT2D eigenvalue weighted by molar-refractivity contribution is -0.126. The maximum Gasteiger partial charge on any atom is 0.233 e. The number of amides is 2. The molecule has 0 aliphatic carbocycles. The smallest absolute Gasteiger partial charge is 0.233 e. The van der Waals surface area contributed by atoms with Gasteiger partial charge in [0.1, 0.15) is 0 Å². The molecule has 0 bridgehead atoms. The van der Waals surface area contributed by atoms with Gasteiger partial charge in [-0.1, -0.05) is 6.92 Å². The summed E-state index contributed by atoms with van der Waals surface area (Å²) in [7, 11) is 3.50. The Kier molecular flexibility index (Phi) is 6.80. The molecule has 0 aromatic carbocycles. The summed E-state index contributed by atoms with van der Waals surface area (Å²) in [6.45, 7) is 4.79. The van der Waals surface area contributed by atoms with E-state index in [-0.39, 0.29) is 23.8 Å². The van der Waals surface area contributed by atoms with Crippen molar-refractivity contribution in [2.75, 3.05) is 40.3 Å². The lowest BCUT2D eigenvalue weighted by Crippen LogP contribution is -2.48. The Morgan fingerprint density at radius 2 is 1.89 bits per heavy atom. The fourth-order valence-corrected chi connectivity index (χ4v) is 2.26. The van der Waals surface area contributed by atoms with Gasteiger partial charge in [-0.2, -0.15) is 0 Å². The minimum absolute atomic E-state index is 0.00565. The van der Waals surface area contributed by atoms with Gasteiger partial charge < -0.3 is 16.0 Å². The Hall–Kier alpha value is -1.14. The average molecular weight is 270 g/mol. The van der Waals surface area contributed by atoms with Crippen LogP contribution in [0.1, 0.15) is 19.8 Å². The van der Waals surface area contributed by atoms with Crippen molar-refractivity contribution < 1.29 is 9.59 Å². The molecule has 6 nitrogen and oxygen atoms in total. The van der Waals surface area contributed by atoms with Crippen LogP contribution in [0.4, 0.5) is 0 Å². The molecule has 0 aromatic heterocycles. The Morgan fingerprint density at radius 3 is 2.42 bits per heavy atom. The average Bonchev–Trinajstić information content (AvgIpc) is 2.41. The standard InChI is InChI=1S/C13H26N4O2/c1-10(8-14-2)13(19)16-11-4-6-17(7-5-11)9-12(18)15-3/h10-11,14H,4-9H2,1-3H3,(H,15,18)(H,16,19). The van der Waals surface area contributed by atoms with E-state index < -0.39 is 0 Å². The number of rotatable bonds is 6. The topological polar surface area (TPSA) is 73.5 Å². The molecule has 1 aliphatic rings. The summed E-state index contributed by atoms with van der Waals surface area (Å²) < 4.78 is 0. The molecule has 1 fully saturated rings. The van der Waals surface area contributed by atoms with Crippen LogP contribution in [-0.4, -0.2) is 63.0 Å². The first-order chi connectivity index (χ1) is 9.06. The van der Waals surface area contributed by atoms with Gasteiger partial charge in [0.2, 0.25) is 11.8 Å². The SMILES string of the molecule is CNCC(C)C(=O)NC1CCN(CC(=O)NC)CC1. The van der Waals surface area contributed by atoms with Gasteiger partial charge in [0.25, 0.3) is 0 Å². The molecule has 6 heteroatoms. The Balaban J connectivity index is 2.26. The predicted molar refractivity (Wildman–Crippen MR) is 74.8 cm³/mol. The Morgan fingerprint density at radius 1 is 1.26 bits per heavy atom. The summed E-state index contributed by atoms with van der Waals surface area (Å²) in [6.07, 6.45) is 1.82. The van der Waals surface area contributed by atoms with Crippen LogP contribution in [0.3, 0.4) is 0 Å². The monoisotopic (exact) mass is 270 g/mol. The highest BCUT2D eigenvalue weighted by Gasteiger charge is 2.23. The van der Waals surface area contributed by atoms with Crippen LogP contribution >= 0.6 is 0 Å². The zero-order valence-corrected chi connectivity index (χ0v) is 12.2. The van der Waals surface area contributed by atoms with Crippen molar-refractivity contribution in [3.8, 4) is 0 Å². The lowest BCUT2D eigenvalue weighted by Gasteiger charge is -2.32. The molecule has 1 atom stereocenters. The van der Waals surface area contributed by atoms with Crippen molar-refractivity contribution >= 4 is 11.8 Å². The minimum atomic E-state index is -0.00565. The van der Waals surface area contributed by atoms with Gasteiger partial charge in [-0.3, -0.25) is 14.5 Å². The molecule has 1 saturated heterocycles. The Bertz CT molecular complexity index is 301. The number of nitrogens with one attached hydrogen (secondary N) is 3. The summed E-state index contributed by atoms with van der Waals surface area (Å²) >= 11 is 0. The molecule has 0 saturated carbocycles. The second-order valence-corrected chi connectivity index (χ2v) is 5.19. The predicted octanol–water partition coefficient (Wildman–Crippen LogP) is -0.831. The van der Waals surface area contributed by atoms with Crippen molar-refractivity contribution in [2.45, 2.75) is 25.8 Å². The molecule has 3 N–H and O–H groups in total. The maximum absolute atomic E-state index is 11.9. The van der Waals surface area contributed by atoms with E-state index in [9.17, 15) is 9.59 Å². The summed E-state index contributed by atoms with van der Waals surface area (Å²) in [4.78, 5) is 25.3. The largest absolute Gasteiger partial charge is 0.358 e. The minimum Gasteiger partial charge on any atom is -0.358 e. The highest BCUT2D eigenvalue weighted by molar-refractivity contribution is 5.79. The highest BCUT2D eigenvalue weighted by Crippen LogP contribution is 2.10. The normalized spacial score (nSPS) is 18.9. The van der Waals surface area contributed by atoms with Gasteiger partial charge in [0.15, 0.2) is 0 Å². The van der Waals surface area contributed by atoms with Gasteiger partial charge in [-0.25, -0.2) is 0 Å². The van der Waals surface area contributed by atoms with Crippen LogP contribution in [0.2, 0.25) is 0 Å². The number of carbonyl (C=O) groups is 2. The van der Waals surface area contributed by atoms with E-state index in [0.717, 1.165) is 25.9 Å². The van der Waals surface area contributed by atoms with Crippen molar-refractivity contribution in [1.82, 2.24) is 20.9 Å². The number of hydrogen-bond acceptors (Lipinski definition) is 4. The van der Waals surface area contributed by atoms with Gasteiger partial charge in [-0.15, -0.1) is 0 Å². The molecule has 0 spiro atoms. The first-order valence-corrected chi connectivity index (χ1v) is 6.94. The summed E-state index contributed by atoms with van der Waals surface area (Å²) in [6, 6.07) is 0.243. The van der Waals surface area contributed by atoms with Crippen LogP contribution in [0.5, 0.6) is 0 Å². The number of piperidine rings is 1. The van der Waals surface area contributed by atoms with E-state index in [2.05, 4.69) is 20.9 Å². The molecular weight excluding hydrogens is 244 g/mol. The molecular formula is C13H26N4O2. The maximum atomic E-state index is 11.9. The third-order valence-corrected chi connectivity index (χ3v) is 3.54. The third kappa shape index (κ3) is 5.57. The number of likely N-dealkylation sites (N-methyl/N-ethyl adjacent to an activating group) is 1. The first-order valence-electron chi connectivity index (χ1n) is 6.94. The van der Waals surface area contributed by atoms with Crippen molar-refractivity contribution in [3.05, 3.63) is 0 Å². The zero-order chi connectivity index (χ0) is 14.3.